The monoisotopic (exact) mass is 157 g/mol. The maximum Gasteiger partial charge on any atom is 0.325 e. The number of nitrogens with two attached hydrogens (primary N) is 1. The van der Waals surface area contributed by atoms with Gasteiger partial charge >= 0.3 is 5.97 Å². The Kier molecular flexibility index (Phi) is 1.77. The Morgan fingerprint density at radius 2 is 2.36 bits per heavy atom. The van der Waals surface area contributed by atoms with E-state index in [-0.39, 0.29) is 5.56 Å². The molecule has 0 saturated carbocycles. The number of aromatic amines is 2. The van der Waals surface area contributed by atoms with E-state index >= 15 is 0 Å². The standard InChI is InChI=1S/C5H7N3O3/c6-3(5(10)11)2-1-7-8-4(2)9/h1,3H,6H2,(H,10,11)(H2,7,8,9). The lowest BCUT2D eigenvalue weighted by Gasteiger charge is -1.98. The van der Waals surface area contributed by atoms with Gasteiger partial charge in [-0.1, -0.05) is 0 Å². The number of hydrogen-bond donors (Lipinski definition) is 4. The van der Waals surface area contributed by atoms with Crippen molar-refractivity contribution in [3.8, 4) is 0 Å². The van der Waals surface area contributed by atoms with E-state index in [0.717, 1.165) is 0 Å². The molecule has 1 rings (SSSR count). The van der Waals surface area contributed by atoms with Crippen LogP contribution < -0.4 is 11.3 Å². The van der Waals surface area contributed by atoms with Crippen molar-refractivity contribution in [2.24, 2.45) is 5.73 Å². The number of aromatic nitrogens is 2. The lowest BCUT2D eigenvalue weighted by atomic mass is 10.2. The van der Waals surface area contributed by atoms with Gasteiger partial charge in [-0.2, -0.15) is 0 Å². The van der Waals surface area contributed by atoms with E-state index in [1.165, 1.54) is 6.20 Å². The molecule has 6 nitrogen and oxygen atoms in total. The van der Waals surface area contributed by atoms with Crippen LogP contribution in [0.15, 0.2) is 11.0 Å². The largest absolute Gasteiger partial charge is 0.480 e. The van der Waals surface area contributed by atoms with Crippen molar-refractivity contribution in [1.29, 1.82) is 0 Å². The number of carbonyl (C=O) groups is 1. The van der Waals surface area contributed by atoms with Gasteiger partial charge in [0.1, 0.15) is 6.04 Å². The molecule has 0 aromatic carbocycles. The van der Waals surface area contributed by atoms with Crippen LogP contribution in [0.2, 0.25) is 0 Å². The van der Waals surface area contributed by atoms with Crippen LogP contribution in [-0.2, 0) is 4.79 Å². The van der Waals surface area contributed by atoms with Crippen LogP contribution in [0, 0.1) is 0 Å². The van der Waals surface area contributed by atoms with Crippen molar-refractivity contribution in [1.82, 2.24) is 10.2 Å². The van der Waals surface area contributed by atoms with Crippen LogP contribution in [0.25, 0.3) is 0 Å². The van der Waals surface area contributed by atoms with Crippen LogP contribution in [0.1, 0.15) is 11.6 Å². The predicted octanol–water partition coefficient (Wildman–Crippen LogP) is -1.21. The first kappa shape index (κ1) is 7.55. The molecule has 0 amide bonds. The first-order valence-electron chi connectivity index (χ1n) is 2.87. The SMILES string of the molecule is NC(C(=O)O)c1c[nH][nH]c1=O. The second kappa shape index (κ2) is 2.59. The zero-order valence-corrected chi connectivity index (χ0v) is 5.50. The van der Waals surface area contributed by atoms with Crippen molar-refractivity contribution in [3.05, 3.63) is 22.1 Å². The fourth-order valence-electron chi connectivity index (χ4n) is 0.681. The van der Waals surface area contributed by atoms with Gasteiger partial charge in [-0.05, 0) is 0 Å². The van der Waals surface area contributed by atoms with Gasteiger partial charge in [0.05, 0.1) is 5.56 Å². The molecule has 60 valence electrons. The molecule has 1 atom stereocenters. The van der Waals surface area contributed by atoms with E-state index in [2.05, 4.69) is 10.2 Å². The van der Waals surface area contributed by atoms with Crippen molar-refractivity contribution in [2.45, 2.75) is 6.04 Å². The minimum atomic E-state index is -1.26. The fraction of sp³-hybridized carbons (Fsp3) is 0.200. The zero-order chi connectivity index (χ0) is 8.43. The Bertz CT molecular complexity index is 313. The van der Waals surface area contributed by atoms with Gasteiger partial charge in [-0.25, -0.2) is 0 Å². The highest BCUT2D eigenvalue weighted by molar-refractivity contribution is 5.74. The first-order valence-corrected chi connectivity index (χ1v) is 2.87. The molecular weight excluding hydrogens is 150 g/mol. The summed E-state index contributed by atoms with van der Waals surface area (Å²) in [5.74, 6) is -1.23. The summed E-state index contributed by atoms with van der Waals surface area (Å²) in [5, 5.41) is 12.9. The fourth-order valence-corrected chi connectivity index (χ4v) is 0.681. The Balaban J connectivity index is 3.02. The maximum absolute atomic E-state index is 10.7. The van der Waals surface area contributed by atoms with Crippen molar-refractivity contribution in [2.75, 3.05) is 0 Å². The highest BCUT2D eigenvalue weighted by Crippen LogP contribution is 2.01. The summed E-state index contributed by atoms with van der Waals surface area (Å²) in [6, 6.07) is -1.26. The molecule has 0 aliphatic heterocycles. The van der Waals surface area contributed by atoms with Gasteiger partial charge in [-0.3, -0.25) is 14.7 Å². The van der Waals surface area contributed by atoms with Gasteiger partial charge in [0.25, 0.3) is 5.56 Å². The molecule has 0 fully saturated rings. The molecule has 11 heavy (non-hydrogen) atoms. The smallest absolute Gasteiger partial charge is 0.325 e. The lowest BCUT2D eigenvalue weighted by molar-refractivity contribution is -0.138. The number of carboxylic acids is 1. The van der Waals surface area contributed by atoms with E-state index in [9.17, 15) is 9.59 Å². The van der Waals surface area contributed by atoms with Crippen LogP contribution in [-0.4, -0.2) is 21.3 Å². The number of nitrogens with one attached hydrogen (secondary N) is 2. The van der Waals surface area contributed by atoms with Crippen LogP contribution >= 0.6 is 0 Å². The van der Waals surface area contributed by atoms with E-state index in [1.807, 2.05) is 0 Å². The summed E-state index contributed by atoms with van der Waals surface area (Å²) in [5.41, 5.74) is 4.67. The summed E-state index contributed by atoms with van der Waals surface area (Å²) >= 11 is 0. The Hall–Kier alpha value is -1.56. The quantitative estimate of drug-likeness (QED) is 0.431. The summed E-state index contributed by atoms with van der Waals surface area (Å²) in [6.45, 7) is 0. The number of rotatable bonds is 2. The average molecular weight is 157 g/mol. The van der Waals surface area contributed by atoms with Crippen molar-refractivity contribution in [3.63, 3.8) is 0 Å². The van der Waals surface area contributed by atoms with E-state index < -0.39 is 17.6 Å². The molecule has 1 aromatic heterocycles. The molecule has 1 aromatic rings. The van der Waals surface area contributed by atoms with Crippen LogP contribution in [0.3, 0.4) is 0 Å². The molecule has 1 unspecified atom stereocenters. The van der Waals surface area contributed by atoms with Gasteiger partial charge < -0.3 is 15.9 Å². The minimum absolute atomic E-state index is 0.0255. The third-order valence-corrected chi connectivity index (χ3v) is 1.28. The van der Waals surface area contributed by atoms with Crippen molar-refractivity contribution >= 4 is 5.97 Å². The number of hydrogen-bond acceptors (Lipinski definition) is 3. The predicted molar refractivity (Wildman–Crippen MR) is 36.0 cm³/mol. The summed E-state index contributed by atoms with van der Waals surface area (Å²) < 4.78 is 0. The normalized spacial score (nSPS) is 12.8. The topological polar surface area (TPSA) is 112 Å². The molecule has 1 heterocycles. The highest BCUT2D eigenvalue weighted by Gasteiger charge is 2.17. The second-order valence-electron chi connectivity index (χ2n) is 2.01. The van der Waals surface area contributed by atoms with Gasteiger partial charge in [-0.15, -0.1) is 0 Å². The second-order valence-corrected chi connectivity index (χ2v) is 2.01. The molecule has 0 spiro atoms. The Morgan fingerprint density at radius 1 is 1.73 bits per heavy atom. The zero-order valence-electron chi connectivity index (χ0n) is 5.50. The number of carboxylic acid groups (broad SMARTS) is 1. The number of aliphatic carboxylic acids is 1. The Labute approximate surface area is 61.0 Å². The number of H-pyrrole nitrogens is 2. The average Bonchev–Trinajstić information content (AvgIpc) is 2.33. The molecule has 6 heteroatoms. The van der Waals surface area contributed by atoms with Crippen molar-refractivity contribution < 1.29 is 9.90 Å². The van der Waals surface area contributed by atoms with Gasteiger partial charge in [0.15, 0.2) is 0 Å². The third-order valence-electron chi connectivity index (χ3n) is 1.28. The molecule has 0 bridgehead atoms. The molecule has 5 N–H and O–H groups in total. The van der Waals surface area contributed by atoms with E-state index in [0.29, 0.717) is 0 Å². The molecule has 0 radical (unpaired) electrons. The molecular formula is C5H7N3O3. The first-order chi connectivity index (χ1) is 5.13. The minimum Gasteiger partial charge on any atom is -0.480 e. The summed E-state index contributed by atoms with van der Waals surface area (Å²) in [7, 11) is 0. The summed E-state index contributed by atoms with van der Waals surface area (Å²) in [4.78, 5) is 21.0. The molecule has 0 saturated heterocycles. The highest BCUT2D eigenvalue weighted by atomic mass is 16.4. The van der Waals surface area contributed by atoms with E-state index in [1.54, 1.807) is 0 Å². The third kappa shape index (κ3) is 1.30. The summed E-state index contributed by atoms with van der Waals surface area (Å²) in [6.07, 6.45) is 1.24. The Morgan fingerprint density at radius 3 is 2.73 bits per heavy atom. The van der Waals surface area contributed by atoms with Crippen LogP contribution in [0.5, 0.6) is 0 Å². The van der Waals surface area contributed by atoms with E-state index in [4.69, 9.17) is 10.8 Å². The molecule has 0 aliphatic carbocycles. The molecule has 0 aliphatic rings. The lowest BCUT2D eigenvalue weighted by Crippen LogP contribution is -2.25. The van der Waals surface area contributed by atoms with Gasteiger partial charge in [0.2, 0.25) is 0 Å². The van der Waals surface area contributed by atoms with Crippen LogP contribution in [0.4, 0.5) is 0 Å². The maximum atomic E-state index is 10.7. The van der Waals surface area contributed by atoms with Gasteiger partial charge in [0, 0.05) is 6.20 Å².